The van der Waals surface area contributed by atoms with Gasteiger partial charge in [0.05, 0.1) is 11.0 Å². The Balaban J connectivity index is 2.05. The molecule has 5 heteroatoms. The molecule has 0 radical (unpaired) electrons. The average Bonchev–Trinajstić information content (AvgIpc) is 3.17. The van der Waals surface area contributed by atoms with Gasteiger partial charge in [-0.3, -0.25) is 0 Å². The van der Waals surface area contributed by atoms with Crippen molar-refractivity contribution in [2.75, 3.05) is 0 Å². The molecule has 134 valence electrons. The summed E-state index contributed by atoms with van der Waals surface area (Å²) < 4.78 is 43.7. The van der Waals surface area contributed by atoms with E-state index in [0.29, 0.717) is 0 Å². The molecule has 0 aliphatic rings. The number of fused-ring (bicyclic) bond motifs is 7. The summed E-state index contributed by atoms with van der Waals surface area (Å²) in [6, 6.07) is 19.7. The smallest absolute Gasteiger partial charge is 0.315 e. The first kappa shape index (κ1) is 16.4. The molecule has 0 spiro atoms. The fourth-order valence-electron chi connectivity index (χ4n) is 3.70. The van der Waals surface area contributed by atoms with E-state index >= 15 is 0 Å². The predicted octanol–water partition coefficient (Wildman–Crippen LogP) is 7.59. The second kappa shape index (κ2) is 5.60. The number of aromatic nitrogens is 1. The zero-order valence-electron chi connectivity index (χ0n) is 14.3. The van der Waals surface area contributed by atoms with Crippen molar-refractivity contribution in [1.29, 1.82) is 0 Å². The van der Waals surface area contributed by atoms with Crippen molar-refractivity contribution in [1.82, 2.24) is 4.57 Å². The van der Waals surface area contributed by atoms with Crippen molar-refractivity contribution in [3.63, 3.8) is 0 Å². The second-order valence-electron chi connectivity index (χ2n) is 6.63. The van der Waals surface area contributed by atoms with Crippen LogP contribution in [-0.4, -0.2) is 10.7 Å². The van der Waals surface area contributed by atoms with Crippen LogP contribution in [0.3, 0.4) is 0 Å². The summed E-state index contributed by atoms with van der Waals surface area (Å²) in [5.74, 6) is 0. The molecule has 0 aliphatic heterocycles. The molecule has 0 saturated carbocycles. The maximum absolute atomic E-state index is 13.3. The van der Waals surface area contributed by atoms with Gasteiger partial charge in [-0.1, -0.05) is 42.5 Å². The highest BCUT2D eigenvalue weighted by atomic mass is 32.1. The molecular weight excluding hydrogens is 367 g/mol. The fraction of sp³-hybridized carbons (Fsp3) is 0.0909. The molecule has 5 aromatic rings. The lowest BCUT2D eigenvalue weighted by Crippen LogP contribution is -2.09. The number of thiophene rings is 1. The topological polar surface area (TPSA) is 4.93 Å². The Morgan fingerprint density at radius 1 is 0.852 bits per heavy atom. The minimum Gasteiger partial charge on any atom is -0.315 e. The maximum Gasteiger partial charge on any atom is 0.413 e. The minimum absolute atomic E-state index is 0.623. The van der Waals surface area contributed by atoms with Gasteiger partial charge >= 0.3 is 6.18 Å². The number of hydrogen-bond donors (Lipinski definition) is 0. The zero-order chi connectivity index (χ0) is 18.8. The third kappa shape index (κ3) is 2.38. The second-order valence-corrected chi connectivity index (χ2v) is 7.71. The third-order valence-corrected chi connectivity index (χ3v) is 6.12. The highest BCUT2D eigenvalue weighted by molar-refractivity contribution is 7.26. The van der Waals surface area contributed by atoms with E-state index in [-0.39, 0.29) is 0 Å². The number of allylic oxidation sites excluding steroid dienone is 1. The van der Waals surface area contributed by atoms with Gasteiger partial charge in [0.1, 0.15) is 0 Å². The molecular formula is C22H14F3NS. The first-order valence-corrected chi connectivity index (χ1v) is 9.35. The monoisotopic (exact) mass is 381 g/mol. The van der Waals surface area contributed by atoms with Gasteiger partial charge in [-0.05, 0) is 25.1 Å². The summed E-state index contributed by atoms with van der Waals surface area (Å²) in [6.07, 6.45) is -3.14. The summed E-state index contributed by atoms with van der Waals surface area (Å²) in [4.78, 5) is 0. The van der Waals surface area contributed by atoms with Gasteiger partial charge in [-0.25, -0.2) is 0 Å². The van der Waals surface area contributed by atoms with Crippen LogP contribution in [0.2, 0.25) is 0 Å². The van der Waals surface area contributed by atoms with Crippen molar-refractivity contribution in [3.05, 3.63) is 66.2 Å². The van der Waals surface area contributed by atoms with Crippen molar-refractivity contribution >= 4 is 59.5 Å². The van der Waals surface area contributed by atoms with Crippen LogP contribution in [0.4, 0.5) is 13.2 Å². The molecule has 0 amide bonds. The van der Waals surface area contributed by atoms with Gasteiger partial charge in [-0.2, -0.15) is 13.2 Å². The number of benzene rings is 3. The number of rotatable bonds is 1. The Bertz CT molecular complexity index is 1370. The molecule has 0 aliphatic carbocycles. The van der Waals surface area contributed by atoms with Crippen LogP contribution in [0.5, 0.6) is 0 Å². The molecule has 27 heavy (non-hydrogen) atoms. The van der Waals surface area contributed by atoms with Crippen LogP contribution < -0.4 is 0 Å². The zero-order valence-corrected chi connectivity index (χ0v) is 15.2. The van der Waals surface area contributed by atoms with Gasteiger partial charge in [0.15, 0.2) is 0 Å². The van der Waals surface area contributed by atoms with Crippen molar-refractivity contribution < 1.29 is 13.2 Å². The van der Waals surface area contributed by atoms with E-state index in [1.54, 1.807) is 15.9 Å². The van der Waals surface area contributed by atoms with Crippen molar-refractivity contribution in [3.8, 4) is 0 Å². The molecule has 0 atom stereocenters. The van der Waals surface area contributed by atoms with E-state index < -0.39 is 11.7 Å². The Morgan fingerprint density at radius 2 is 1.56 bits per heavy atom. The Kier molecular flexibility index (Phi) is 3.40. The normalized spacial score (nSPS) is 13.4. The molecule has 1 nitrogen and oxygen atoms in total. The number of halogens is 3. The van der Waals surface area contributed by atoms with Gasteiger partial charge in [0.2, 0.25) is 0 Å². The largest absolute Gasteiger partial charge is 0.413 e. The van der Waals surface area contributed by atoms with Crippen LogP contribution in [0, 0.1) is 0 Å². The van der Waals surface area contributed by atoms with Gasteiger partial charge in [0, 0.05) is 42.7 Å². The van der Waals surface area contributed by atoms with E-state index in [0.717, 1.165) is 48.9 Å². The van der Waals surface area contributed by atoms with Crippen LogP contribution >= 0.6 is 11.3 Å². The SMILES string of the molecule is C/C(=C/n1c2ccccc2c2ccc3sc4ccccc4c3c21)C(F)(F)F. The van der Waals surface area contributed by atoms with E-state index in [2.05, 4.69) is 12.1 Å². The highest BCUT2D eigenvalue weighted by Crippen LogP contribution is 2.42. The van der Waals surface area contributed by atoms with Crippen LogP contribution in [0.25, 0.3) is 48.2 Å². The molecule has 5 rings (SSSR count). The van der Waals surface area contributed by atoms with Crippen LogP contribution in [0.15, 0.2) is 66.2 Å². The standard InChI is InChI=1S/C22H14F3NS/c1-13(22(23,24)25)12-26-17-8-4-2-6-14(17)15-10-11-19-20(21(15)26)16-7-3-5-9-18(16)27-19/h2-12H,1H3/b13-12-. The number of nitrogens with zero attached hydrogens (tertiary/aromatic N) is 1. The fourth-order valence-corrected chi connectivity index (χ4v) is 4.81. The van der Waals surface area contributed by atoms with Crippen molar-refractivity contribution in [2.24, 2.45) is 0 Å². The van der Waals surface area contributed by atoms with Crippen molar-refractivity contribution in [2.45, 2.75) is 13.1 Å². The van der Waals surface area contributed by atoms with Gasteiger partial charge in [-0.15, -0.1) is 11.3 Å². The van der Waals surface area contributed by atoms with Crippen LogP contribution in [-0.2, 0) is 0 Å². The molecule has 3 aromatic carbocycles. The van der Waals surface area contributed by atoms with E-state index in [4.69, 9.17) is 0 Å². The summed E-state index contributed by atoms with van der Waals surface area (Å²) in [5, 5.41) is 4.00. The van der Waals surface area contributed by atoms with Gasteiger partial charge in [0.25, 0.3) is 0 Å². The first-order chi connectivity index (χ1) is 12.9. The Morgan fingerprint density at radius 3 is 2.33 bits per heavy atom. The lowest BCUT2D eigenvalue weighted by molar-refractivity contribution is -0.0905. The molecule has 0 fully saturated rings. The molecule has 0 unspecified atom stereocenters. The molecule has 0 N–H and O–H groups in total. The Hall–Kier alpha value is -2.79. The lowest BCUT2D eigenvalue weighted by Gasteiger charge is -2.09. The quantitative estimate of drug-likeness (QED) is 0.282. The van der Waals surface area contributed by atoms with Crippen LogP contribution in [0.1, 0.15) is 6.92 Å². The molecule has 2 aromatic heterocycles. The first-order valence-electron chi connectivity index (χ1n) is 8.53. The summed E-state index contributed by atoms with van der Waals surface area (Å²) in [5.41, 5.74) is 0.982. The number of alkyl halides is 3. The minimum atomic E-state index is -4.36. The number of para-hydroxylation sites is 1. The highest BCUT2D eigenvalue weighted by Gasteiger charge is 2.30. The molecule has 0 bridgehead atoms. The summed E-state index contributed by atoms with van der Waals surface area (Å²) in [6.45, 7) is 1.12. The van der Waals surface area contributed by atoms with E-state index in [1.807, 2.05) is 48.5 Å². The molecule has 2 heterocycles. The van der Waals surface area contributed by atoms with E-state index in [1.165, 1.54) is 6.20 Å². The average molecular weight is 381 g/mol. The molecule has 0 saturated heterocycles. The Labute approximate surface area is 156 Å². The maximum atomic E-state index is 13.3. The number of hydrogen-bond acceptors (Lipinski definition) is 1. The lowest BCUT2D eigenvalue weighted by atomic mass is 10.1. The van der Waals surface area contributed by atoms with Gasteiger partial charge < -0.3 is 4.57 Å². The summed E-state index contributed by atoms with van der Waals surface area (Å²) >= 11 is 1.66. The third-order valence-electron chi connectivity index (χ3n) is 4.98. The predicted molar refractivity (Wildman–Crippen MR) is 108 cm³/mol. The summed E-state index contributed by atoms with van der Waals surface area (Å²) in [7, 11) is 0. The van der Waals surface area contributed by atoms with E-state index in [9.17, 15) is 13.2 Å².